The lowest BCUT2D eigenvalue weighted by atomic mass is 9.86. The first-order valence-electron chi connectivity index (χ1n) is 10.7. The number of carbonyl (C=O) groups excluding carboxylic acids is 1. The zero-order valence-corrected chi connectivity index (χ0v) is 18.0. The van der Waals surface area contributed by atoms with Gasteiger partial charge in [0.25, 0.3) is 5.91 Å². The molecule has 5 unspecified atom stereocenters. The first-order chi connectivity index (χ1) is 14.9. The number of amides is 1. The van der Waals surface area contributed by atoms with E-state index in [1.165, 1.54) is 0 Å². The Bertz CT molecular complexity index is 926. The first-order valence-corrected chi connectivity index (χ1v) is 11.1. The van der Waals surface area contributed by atoms with E-state index in [1.807, 2.05) is 18.2 Å². The van der Waals surface area contributed by atoms with Crippen LogP contribution in [0.25, 0.3) is 10.9 Å². The Morgan fingerprint density at radius 2 is 2.23 bits per heavy atom. The molecule has 2 saturated heterocycles. The Hall–Kier alpha value is -1.81. The highest BCUT2D eigenvalue weighted by Crippen LogP contribution is 2.31. The summed E-state index contributed by atoms with van der Waals surface area (Å²) in [6.45, 7) is 2.38. The normalized spacial score (nSPS) is 30.8. The molecule has 168 valence electrons. The number of pyridine rings is 1. The van der Waals surface area contributed by atoms with Crippen LogP contribution >= 0.6 is 11.6 Å². The van der Waals surface area contributed by atoms with Crippen LogP contribution < -0.4 is 11.1 Å². The number of aliphatic hydroxyl groups is 2. The van der Waals surface area contributed by atoms with Gasteiger partial charge in [0.15, 0.2) is 6.29 Å². The topological polar surface area (TPSA) is 121 Å². The standard InChI is InChI=1S/C22H29ClN4O4/c23-17-13-27(12-14-6-10-31-18(28)11-14)9-7-22(17,30)21(24)26-20(29)16-5-1-3-15-4-2-8-25-19(15)16/h1-5,8,14,17-18,21,28,30H,6-7,9-13,24H2,(H,26,29). The van der Waals surface area contributed by atoms with Crippen LogP contribution in [0.3, 0.4) is 0 Å². The van der Waals surface area contributed by atoms with Crippen LogP contribution in [-0.4, -0.2) is 75.7 Å². The summed E-state index contributed by atoms with van der Waals surface area (Å²) in [6, 6.07) is 9.05. The number of hydrogen-bond acceptors (Lipinski definition) is 7. The van der Waals surface area contributed by atoms with Crippen molar-refractivity contribution in [3.8, 4) is 0 Å². The fourth-order valence-corrected chi connectivity index (χ4v) is 4.93. The van der Waals surface area contributed by atoms with Crippen molar-refractivity contribution in [3.63, 3.8) is 0 Å². The van der Waals surface area contributed by atoms with Gasteiger partial charge in [-0.1, -0.05) is 18.2 Å². The maximum atomic E-state index is 12.9. The highest BCUT2D eigenvalue weighted by atomic mass is 35.5. The number of nitrogens with two attached hydrogens (primary N) is 1. The number of nitrogens with zero attached hydrogens (tertiary/aromatic N) is 2. The molecule has 5 atom stereocenters. The number of rotatable bonds is 5. The van der Waals surface area contributed by atoms with Crippen LogP contribution in [0.4, 0.5) is 0 Å². The van der Waals surface area contributed by atoms with E-state index in [2.05, 4.69) is 15.2 Å². The summed E-state index contributed by atoms with van der Waals surface area (Å²) < 4.78 is 5.19. The smallest absolute Gasteiger partial charge is 0.254 e. The second-order valence-electron chi connectivity index (χ2n) is 8.52. The number of carbonyl (C=O) groups is 1. The minimum absolute atomic E-state index is 0.325. The molecule has 0 radical (unpaired) electrons. The van der Waals surface area contributed by atoms with Crippen LogP contribution in [0.15, 0.2) is 36.5 Å². The van der Waals surface area contributed by atoms with Gasteiger partial charge in [-0.05, 0) is 30.9 Å². The molecule has 2 aliphatic rings. The van der Waals surface area contributed by atoms with E-state index in [-0.39, 0.29) is 0 Å². The number of likely N-dealkylation sites (tertiary alicyclic amines) is 1. The van der Waals surface area contributed by atoms with Gasteiger partial charge in [0.2, 0.25) is 0 Å². The number of alkyl halides is 1. The minimum atomic E-state index is -1.43. The molecule has 1 amide bonds. The summed E-state index contributed by atoms with van der Waals surface area (Å²) in [5.41, 5.74) is 5.80. The Morgan fingerprint density at radius 1 is 1.42 bits per heavy atom. The average molecular weight is 449 g/mol. The zero-order valence-electron chi connectivity index (χ0n) is 17.3. The van der Waals surface area contributed by atoms with Crippen molar-refractivity contribution < 1.29 is 19.7 Å². The van der Waals surface area contributed by atoms with E-state index in [1.54, 1.807) is 18.3 Å². The highest BCUT2D eigenvalue weighted by molar-refractivity contribution is 6.21. The number of nitrogens with one attached hydrogen (secondary N) is 1. The van der Waals surface area contributed by atoms with Gasteiger partial charge in [0.05, 0.1) is 23.1 Å². The molecule has 0 saturated carbocycles. The second-order valence-corrected chi connectivity index (χ2v) is 9.04. The lowest BCUT2D eigenvalue weighted by molar-refractivity contribution is -0.142. The molecule has 1 aromatic heterocycles. The molecule has 3 heterocycles. The number of halogens is 1. The maximum absolute atomic E-state index is 12.9. The molecule has 5 N–H and O–H groups in total. The first kappa shape index (κ1) is 22.4. The largest absolute Gasteiger partial charge is 0.385 e. The Labute approximate surface area is 186 Å². The summed E-state index contributed by atoms with van der Waals surface area (Å²) in [6.07, 6.45) is 1.73. The number of aliphatic hydroxyl groups excluding tert-OH is 1. The third kappa shape index (κ3) is 4.84. The number of ether oxygens (including phenoxy) is 1. The van der Waals surface area contributed by atoms with Crippen molar-refractivity contribution in [2.24, 2.45) is 11.7 Å². The van der Waals surface area contributed by atoms with E-state index in [0.29, 0.717) is 49.5 Å². The van der Waals surface area contributed by atoms with Crippen molar-refractivity contribution in [1.29, 1.82) is 0 Å². The van der Waals surface area contributed by atoms with E-state index in [0.717, 1.165) is 18.4 Å². The van der Waals surface area contributed by atoms with Crippen LogP contribution in [0, 0.1) is 5.92 Å². The third-order valence-corrected chi connectivity index (χ3v) is 6.90. The molecule has 9 heteroatoms. The molecule has 0 bridgehead atoms. The molecule has 0 aliphatic carbocycles. The van der Waals surface area contributed by atoms with E-state index < -0.39 is 29.3 Å². The number of para-hydroxylation sites is 1. The monoisotopic (exact) mass is 448 g/mol. The van der Waals surface area contributed by atoms with Crippen LogP contribution in [0.2, 0.25) is 0 Å². The zero-order chi connectivity index (χ0) is 22.0. The van der Waals surface area contributed by atoms with Crippen molar-refractivity contribution >= 4 is 28.4 Å². The van der Waals surface area contributed by atoms with Gasteiger partial charge in [-0.15, -0.1) is 11.6 Å². The molecule has 0 spiro atoms. The number of piperidine rings is 1. The van der Waals surface area contributed by atoms with Crippen LogP contribution in [0.1, 0.15) is 29.6 Å². The molecular formula is C22H29ClN4O4. The molecule has 2 aromatic rings. The number of fused-ring (bicyclic) bond motifs is 1. The van der Waals surface area contributed by atoms with Gasteiger partial charge in [0, 0.05) is 37.6 Å². The van der Waals surface area contributed by atoms with Crippen molar-refractivity contribution in [1.82, 2.24) is 15.2 Å². The molecule has 4 rings (SSSR count). The minimum Gasteiger partial charge on any atom is -0.385 e. The Balaban J connectivity index is 1.39. The van der Waals surface area contributed by atoms with Gasteiger partial charge in [0.1, 0.15) is 11.8 Å². The summed E-state index contributed by atoms with van der Waals surface area (Å²) in [7, 11) is 0. The van der Waals surface area contributed by atoms with E-state index in [4.69, 9.17) is 22.1 Å². The van der Waals surface area contributed by atoms with Crippen molar-refractivity contribution in [3.05, 3.63) is 42.1 Å². The van der Waals surface area contributed by atoms with Gasteiger partial charge < -0.3 is 30.9 Å². The SMILES string of the molecule is NC(NC(=O)c1cccc2cccnc12)C1(O)CCN(CC2CCOC(O)C2)CC1Cl. The summed E-state index contributed by atoms with van der Waals surface area (Å²) in [5.74, 6) is -0.0706. The average Bonchev–Trinajstić information content (AvgIpc) is 2.76. The van der Waals surface area contributed by atoms with E-state index in [9.17, 15) is 15.0 Å². The fourth-order valence-electron chi connectivity index (χ4n) is 4.49. The lowest BCUT2D eigenvalue weighted by Crippen LogP contribution is -2.67. The summed E-state index contributed by atoms with van der Waals surface area (Å²) in [5, 5.41) is 23.8. The maximum Gasteiger partial charge on any atom is 0.254 e. The molecular weight excluding hydrogens is 420 g/mol. The number of hydrogen-bond donors (Lipinski definition) is 4. The molecule has 31 heavy (non-hydrogen) atoms. The summed E-state index contributed by atoms with van der Waals surface area (Å²) >= 11 is 6.57. The predicted octanol–water partition coefficient (Wildman–Crippen LogP) is 1.04. The van der Waals surface area contributed by atoms with E-state index >= 15 is 0 Å². The summed E-state index contributed by atoms with van der Waals surface area (Å²) in [4.78, 5) is 19.4. The highest BCUT2D eigenvalue weighted by Gasteiger charge is 2.46. The number of aromatic nitrogens is 1. The van der Waals surface area contributed by atoms with Gasteiger partial charge in [-0.2, -0.15) is 0 Å². The fraction of sp³-hybridized carbons (Fsp3) is 0.545. The quantitative estimate of drug-likeness (QED) is 0.398. The molecule has 2 aliphatic heterocycles. The number of benzene rings is 1. The second kappa shape index (κ2) is 9.36. The Morgan fingerprint density at radius 3 is 3.00 bits per heavy atom. The van der Waals surface area contributed by atoms with Crippen LogP contribution in [-0.2, 0) is 4.74 Å². The van der Waals surface area contributed by atoms with Crippen molar-refractivity contribution in [2.45, 2.75) is 42.7 Å². The molecule has 2 fully saturated rings. The van der Waals surface area contributed by atoms with Crippen molar-refractivity contribution in [2.75, 3.05) is 26.2 Å². The molecule has 1 aromatic carbocycles. The van der Waals surface area contributed by atoms with Gasteiger partial charge >= 0.3 is 0 Å². The predicted molar refractivity (Wildman–Crippen MR) is 118 cm³/mol. The van der Waals surface area contributed by atoms with Gasteiger partial charge in [-0.25, -0.2) is 0 Å². The molecule has 8 nitrogen and oxygen atoms in total. The van der Waals surface area contributed by atoms with Gasteiger partial charge in [-0.3, -0.25) is 9.78 Å². The third-order valence-electron chi connectivity index (χ3n) is 6.38. The van der Waals surface area contributed by atoms with Crippen LogP contribution in [0.5, 0.6) is 0 Å². The Kier molecular flexibility index (Phi) is 6.76. The lowest BCUT2D eigenvalue weighted by Gasteiger charge is -2.46.